The predicted molar refractivity (Wildman–Crippen MR) is 108 cm³/mol. The molecule has 8 nitrogen and oxygen atoms in total. The number of thioether (sulfide) groups is 1. The summed E-state index contributed by atoms with van der Waals surface area (Å²) in [5.74, 6) is 0.841. The molecule has 3 N–H and O–H groups in total. The zero-order chi connectivity index (χ0) is 20.7. The Balaban J connectivity index is 2.18. The van der Waals surface area contributed by atoms with E-state index < -0.39 is 17.2 Å². The fourth-order valence-corrected chi connectivity index (χ4v) is 3.54. The molecule has 1 atom stereocenters. The third kappa shape index (κ3) is 5.85. The summed E-state index contributed by atoms with van der Waals surface area (Å²) in [5, 5.41) is 10.5. The van der Waals surface area contributed by atoms with Crippen LogP contribution in [-0.2, 0) is 17.9 Å². The van der Waals surface area contributed by atoms with Gasteiger partial charge in [-0.3, -0.25) is 14.7 Å². The van der Waals surface area contributed by atoms with Crippen molar-refractivity contribution >= 4 is 23.7 Å². The summed E-state index contributed by atoms with van der Waals surface area (Å²) in [6, 6.07) is 6.85. The van der Waals surface area contributed by atoms with Gasteiger partial charge >= 0.3 is 6.03 Å². The quantitative estimate of drug-likeness (QED) is 0.492. The number of allylic oxidation sites excluding steroid dienone is 1. The van der Waals surface area contributed by atoms with Gasteiger partial charge in [-0.15, -0.1) is 16.8 Å². The maximum atomic E-state index is 12.3. The van der Waals surface area contributed by atoms with Gasteiger partial charge in [0.2, 0.25) is 5.91 Å². The van der Waals surface area contributed by atoms with Crippen LogP contribution in [0.3, 0.4) is 0 Å². The highest BCUT2D eigenvalue weighted by Gasteiger charge is 2.27. The number of aryl methyl sites for hydroxylation is 1. The van der Waals surface area contributed by atoms with Crippen LogP contribution in [0, 0.1) is 12.8 Å². The fraction of sp³-hybridized carbons (Fsp3) is 0.368. The van der Waals surface area contributed by atoms with Crippen LogP contribution in [0.15, 0.2) is 42.1 Å². The van der Waals surface area contributed by atoms with Crippen LogP contribution in [0.25, 0.3) is 0 Å². The third-order valence-electron chi connectivity index (χ3n) is 3.81. The van der Waals surface area contributed by atoms with Crippen LogP contribution in [0.1, 0.15) is 25.2 Å². The largest absolute Gasteiger partial charge is 0.486 e. The first-order valence-electron chi connectivity index (χ1n) is 8.81. The molecule has 0 unspecified atom stereocenters. The van der Waals surface area contributed by atoms with Gasteiger partial charge in [-0.05, 0) is 30.5 Å². The molecule has 28 heavy (non-hydrogen) atoms. The molecule has 2 rings (SSSR count). The molecule has 1 aromatic carbocycles. The topological polar surface area (TPSA) is 112 Å². The molecule has 1 aromatic heterocycles. The normalized spacial score (nSPS) is 11.9. The number of carbonyl (C=O) groups is 2. The minimum Gasteiger partial charge on any atom is -0.486 e. The summed E-state index contributed by atoms with van der Waals surface area (Å²) in [7, 11) is 0. The maximum Gasteiger partial charge on any atom is 0.318 e. The lowest BCUT2D eigenvalue weighted by atomic mass is 10.1. The second kappa shape index (κ2) is 9.93. The number of carbonyl (C=O) groups excluding carboxylic acids is 2. The Morgan fingerprint density at radius 1 is 1.39 bits per heavy atom. The molecule has 9 heteroatoms. The van der Waals surface area contributed by atoms with E-state index in [9.17, 15) is 9.59 Å². The number of hydrogen-bond donors (Lipinski definition) is 2. The smallest absolute Gasteiger partial charge is 0.318 e. The SMILES string of the molecule is C=CCn1c(COc2cccc(C)c2)nnc1S[C@@H](C(=O)NC(N)=O)C(C)C. The van der Waals surface area contributed by atoms with Gasteiger partial charge in [-0.25, -0.2) is 4.79 Å². The summed E-state index contributed by atoms with van der Waals surface area (Å²) < 4.78 is 7.65. The van der Waals surface area contributed by atoms with E-state index in [1.807, 2.05) is 49.6 Å². The average Bonchev–Trinajstić information content (AvgIpc) is 2.99. The highest BCUT2D eigenvalue weighted by molar-refractivity contribution is 8.00. The summed E-state index contributed by atoms with van der Waals surface area (Å²) >= 11 is 1.22. The number of primary amides is 1. The van der Waals surface area contributed by atoms with Gasteiger partial charge in [0.25, 0.3) is 0 Å². The molecule has 0 aliphatic carbocycles. The summed E-state index contributed by atoms with van der Waals surface area (Å²) in [6.45, 7) is 10.2. The molecule has 0 spiro atoms. The molecule has 3 amide bonds. The van der Waals surface area contributed by atoms with Crippen molar-refractivity contribution in [3.05, 3.63) is 48.3 Å². The maximum absolute atomic E-state index is 12.3. The van der Waals surface area contributed by atoms with Crippen molar-refractivity contribution in [2.75, 3.05) is 0 Å². The van der Waals surface area contributed by atoms with Crippen molar-refractivity contribution in [2.45, 2.75) is 44.3 Å². The molecule has 1 heterocycles. The lowest BCUT2D eigenvalue weighted by molar-refractivity contribution is -0.120. The van der Waals surface area contributed by atoms with Crippen molar-refractivity contribution < 1.29 is 14.3 Å². The Kier molecular flexibility index (Phi) is 7.62. The van der Waals surface area contributed by atoms with E-state index in [0.29, 0.717) is 17.5 Å². The standard InChI is InChI=1S/C19H25N5O3S/c1-5-9-24-15(11-27-14-8-6-7-13(4)10-14)22-23-19(24)28-16(12(2)3)17(25)21-18(20)26/h5-8,10,12,16H,1,9,11H2,2-4H3,(H3,20,21,25,26)/t16-/m1/s1. The highest BCUT2D eigenvalue weighted by atomic mass is 32.2. The van der Waals surface area contributed by atoms with Crippen LogP contribution >= 0.6 is 11.8 Å². The van der Waals surface area contributed by atoms with Gasteiger partial charge < -0.3 is 10.5 Å². The number of rotatable bonds is 9. The van der Waals surface area contributed by atoms with Gasteiger partial charge in [-0.2, -0.15) is 0 Å². The number of hydrogen-bond acceptors (Lipinski definition) is 6. The number of aromatic nitrogens is 3. The number of urea groups is 1. The minimum absolute atomic E-state index is 0.0507. The molecule has 2 aromatic rings. The molecule has 0 aliphatic rings. The lowest BCUT2D eigenvalue weighted by Gasteiger charge is -2.18. The molecule has 0 radical (unpaired) electrons. The number of nitrogens with one attached hydrogen (secondary N) is 1. The zero-order valence-corrected chi connectivity index (χ0v) is 17.0. The van der Waals surface area contributed by atoms with Crippen molar-refractivity contribution in [2.24, 2.45) is 11.7 Å². The fourth-order valence-electron chi connectivity index (χ4n) is 2.48. The number of ether oxygens (including phenoxy) is 1. The van der Waals surface area contributed by atoms with Crippen LogP contribution in [0.4, 0.5) is 4.79 Å². The van der Waals surface area contributed by atoms with E-state index in [0.717, 1.165) is 11.3 Å². The molecular weight excluding hydrogens is 378 g/mol. The third-order valence-corrected chi connectivity index (χ3v) is 5.33. The number of nitrogens with zero attached hydrogens (tertiary/aromatic N) is 3. The van der Waals surface area contributed by atoms with Crippen LogP contribution in [0.5, 0.6) is 5.75 Å². The average molecular weight is 404 g/mol. The van der Waals surface area contributed by atoms with E-state index in [-0.39, 0.29) is 12.5 Å². The van der Waals surface area contributed by atoms with Crippen molar-refractivity contribution in [3.8, 4) is 5.75 Å². The van der Waals surface area contributed by atoms with Gasteiger partial charge in [0, 0.05) is 6.54 Å². The van der Waals surface area contributed by atoms with E-state index in [1.165, 1.54) is 11.8 Å². The number of nitrogens with two attached hydrogens (primary N) is 1. The summed E-state index contributed by atoms with van der Waals surface area (Å²) in [4.78, 5) is 23.3. The van der Waals surface area contributed by atoms with E-state index >= 15 is 0 Å². The van der Waals surface area contributed by atoms with Gasteiger partial charge in [0.05, 0.1) is 5.25 Å². The monoisotopic (exact) mass is 403 g/mol. The second-order valence-corrected chi connectivity index (χ2v) is 7.65. The van der Waals surface area contributed by atoms with Crippen molar-refractivity contribution in [1.82, 2.24) is 20.1 Å². The summed E-state index contributed by atoms with van der Waals surface area (Å²) in [6.07, 6.45) is 1.72. The number of amides is 3. The molecule has 0 saturated carbocycles. The molecule has 0 saturated heterocycles. The molecule has 0 bridgehead atoms. The van der Waals surface area contributed by atoms with Crippen LogP contribution in [-0.4, -0.2) is 32.0 Å². The molecule has 0 fully saturated rings. The zero-order valence-electron chi connectivity index (χ0n) is 16.2. The minimum atomic E-state index is -0.879. The van der Waals surface area contributed by atoms with E-state index in [4.69, 9.17) is 10.5 Å². The van der Waals surface area contributed by atoms with E-state index in [1.54, 1.807) is 6.08 Å². The lowest BCUT2D eigenvalue weighted by Crippen LogP contribution is -2.42. The van der Waals surface area contributed by atoms with Crippen LogP contribution in [0.2, 0.25) is 0 Å². The predicted octanol–water partition coefficient (Wildman–Crippen LogP) is 2.66. The van der Waals surface area contributed by atoms with Crippen molar-refractivity contribution in [3.63, 3.8) is 0 Å². The van der Waals surface area contributed by atoms with Crippen molar-refractivity contribution in [1.29, 1.82) is 0 Å². The van der Waals surface area contributed by atoms with Gasteiger partial charge in [-0.1, -0.05) is 43.8 Å². The Labute approximate surface area is 168 Å². The molecular formula is C19H25N5O3S. The molecule has 0 aliphatic heterocycles. The Morgan fingerprint density at radius 2 is 2.14 bits per heavy atom. The summed E-state index contributed by atoms with van der Waals surface area (Å²) in [5.41, 5.74) is 6.17. The Morgan fingerprint density at radius 3 is 2.75 bits per heavy atom. The Bertz CT molecular complexity index is 850. The van der Waals surface area contributed by atoms with Crippen LogP contribution < -0.4 is 15.8 Å². The first-order valence-corrected chi connectivity index (χ1v) is 9.69. The van der Waals surface area contributed by atoms with Gasteiger partial charge in [0.1, 0.15) is 12.4 Å². The first kappa shape index (κ1) is 21.5. The number of benzene rings is 1. The first-order chi connectivity index (χ1) is 13.3. The van der Waals surface area contributed by atoms with Gasteiger partial charge in [0.15, 0.2) is 11.0 Å². The second-order valence-electron chi connectivity index (χ2n) is 6.54. The number of imide groups is 1. The highest BCUT2D eigenvalue weighted by Crippen LogP contribution is 2.28. The molecule has 150 valence electrons. The Hall–Kier alpha value is -2.81. The van der Waals surface area contributed by atoms with E-state index in [2.05, 4.69) is 22.1 Å².